The van der Waals surface area contributed by atoms with Gasteiger partial charge in [-0.2, -0.15) is 4.98 Å². The number of fused-ring (bicyclic) bond motifs is 1. The van der Waals surface area contributed by atoms with Crippen molar-refractivity contribution < 1.29 is 9.32 Å². The molecule has 9 heteroatoms. The van der Waals surface area contributed by atoms with Gasteiger partial charge in [-0.25, -0.2) is 9.31 Å². The maximum atomic E-state index is 11.7. The predicted octanol–water partition coefficient (Wildman–Crippen LogP) is 1.69. The maximum absolute atomic E-state index is 11.7. The van der Waals surface area contributed by atoms with Crippen LogP contribution in [0.25, 0.3) is 5.65 Å². The Kier molecular flexibility index (Phi) is 3.21. The smallest absolute Gasteiger partial charge is 0.321 e. The van der Waals surface area contributed by atoms with Gasteiger partial charge in [0, 0.05) is 23.4 Å². The molecular formula is C11H9ClN6O2. The number of pyridine rings is 1. The highest BCUT2D eigenvalue weighted by molar-refractivity contribution is 6.30. The summed E-state index contributed by atoms with van der Waals surface area (Å²) in [5.41, 5.74) is 1.17. The van der Waals surface area contributed by atoms with E-state index in [0.717, 1.165) is 0 Å². The molecule has 0 saturated heterocycles. The molecule has 8 nitrogen and oxygen atoms in total. The van der Waals surface area contributed by atoms with E-state index in [0.29, 0.717) is 16.4 Å². The number of carbonyl (C=O) groups is 1. The molecule has 0 aliphatic heterocycles. The van der Waals surface area contributed by atoms with Gasteiger partial charge in [0.25, 0.3) is 5.95 Å². The molecule has 3 rings (SSSR count). The molecule has 0 atom stereocenters. The van der Waals surface area contributed by atoms with Crippen molar-refractivity contribution in [3.63, 3.8) is 0 Å². The van der Waals surface area contributed by atoms with Crippen LogP contribution < -0.4 is 10.6 Å². The Labute approximate surface area is 117 Å². The second-order valence-electron chi connectivity index (χ2n) is 3.88. The number of halogens is 1. The number of rotatable bonds is 3. The van der Waals surface area contributed by atoms with E-state index in [2.05, 4.69) is 30.4 Å². The third-order valence-corrected chi connectivity index (χ3v) is 2.68. The average molecular weight is 293 g/mol. The Hall–Kier alpha value is -2.61. The van der Waals surface area contributed by atoms with Crippen LogP contribution in [-0.2, 0) is 6.54 Å². The second-order valence-corrected chi connectivity index (χ2v) is 4.32. The van der Waals surface area contributed by atoms with Crippen LogP contribution in [0, 0.1) is 0 Å². The first-order chi connectivity index (χ1) is 9.70. The Morgan fingerprint density at radius 2 is 2.35 bits per heavy atom. The van der Waals surface area contributed by atoms with Crippen LogP contribution in [0.3, 0.4) is 0 Å². The summed E-state index contributed by atoms with van der Waals surface area (Å²) in [4.78, 5) is 15.8. The zero-order valence-electron chi connectivity index (χ0n) is 10.1. The molecule has 3 aromatic heterocycles. The fraction of sp³-hybridized carbons (Fsp3) is 0.0909. The lowest BCUT2D eigenvalue weighted by Crippen LogP contribution is -2.28. The lowest BCUT2D eigenvalue weighted by atomic mass is 10.4. The summed E-state index contributed by atoms with van der Waals surface area (Å²) in [6, 6.07) is 4.55. The van der Waals surface area contributed by atoms with Crippen LogP contribution in [0.4, 0.5) is 10.7 Å². The summed E-state index contributed by atoms with van der Waals surface area (Å²) >= 11 is 5.84. The van der Waals surface area contributed by atoms with Crippen LogP contribution in [0.15, 0.2) is 35.2 Å². The normalized spacial score (nSPS) is 10.7. The van der Waals surface area contributed by atoms with Crippen LogP contribution >= 0.6 is 11.6 Å². The monoisotopic (exact) mass is 292 g/mol. The quantitative estimate of drug-likeness (QED) is 0.765. The Bertz CT molecular complexity index is 739. The fourth-order valence-corrected chi connectivity index (χ4v) is 1.71. The summed E-state index contributed by atoms with van der Waals surface area (Å²) in [5.74, 6) is 0.185. The zero-order valence-corrected chi connectivity index (χ0v) is 10.8. The van der Waals surface area contributed by atoms with Gasteiger partial charge in [-0.3, -0.25) is 5.32 Å². The highest BCUT2D eigenvalue weighted by Gasteiger charge is 2.08. The third kappa shape index (κ3) is 2.69. The first kappa shape index (κ1) is 12.4. The number of hydrogen-bond donors (Lipinski definition) is 2. The number of nitrogens with zero attached hydrogens (tertiary/aromatic N) is 4. The topological polar surface area (TPSA) is 97.3 Å². The molecule has 0 saturated carbocycles. The Morgan fingerprint density at radius 3 is 3.15 bits per heavy atom. The fourth-order valence-electron chi connectivity index (χ4n) is 1.55. The highest BCUT2D eigenvalue weighted by atomic mass is 35.5. The number of hydrogen-bond acceptors (Lipinski definition) is 5. The molecule has 2 N–H and O–H groups in total. The number of anilines is 1. The molecule has 0 spiro atoms. The van der Waals surface area contributed by atoms with Crippen molar-refractivity contribution in [2.24, 2.45) is 0 Å². The number of aromatic nitrogens is 4. The van der Waals surface area contributed by atoms with Crippen molar-refractivity contribution in [3.05, 3.63) is 41.4 Å². The minimum Gasteiger partial charge on any atom is -0.364 e. The molecule has 3 aromatic rings. The second kappa shape index (κ2) is 5.17. The summed E-state index contributed by atoms with van der Waals surface area (Å²) in [6.45, 7) is 0.252. The molecule has 0 fully saturated rings. The summed E-state index contributed by atoms with van der Waals surface area (Å²) in [6.07, 6.45) is 3.09. The van der Waals surface area contributed by atoms with E-state index in [1.54, 1.807) is 24.4 Å². The SMILES string of the molecule is O=C(NCc1ccon1)Nc1nc2cc(Cl)ccn2n1. The van der Waals surface area contributed by atoms with E-state index in [1.807, 2.05) is 0 Å². The minimum absolute atomic E-state index is 0.185. The highest BCUT2D eigenvalue weighted by Crippen LogP contribution is 2.12. The van der Waals surface area contributed by atoms with Gasteiger partial charge < -0.3 is 9.84 Å². The van der Waals surface area contributed by atoms with Crippen molar-refractivity contribution in [1.29, 1.82) is 0 Å². The van der Waals surface area contributed by atoms with E-state index in [9.17, 15) is 4.79 Å². The standard InChI is InChI=1S/C11H9ClN6O2/c12-7-1-3-18-9(5-7)14-10(16-18)15-11(19)13-6-8-2-4-20-17-8/h1-5H,6H2,(H2,13,15,16,19). The van der Waals surface area contributed by atoms with E-state index in [-0.39, 0.29) is 12.5 Å². The van der Waals surface area contributed by atoms with Crippen molar-refractivity contribution in [2.75, 3.05) is 5.32 Å². The first-order valence-corrected chi connectivity index (χ1v) is 6.04. The summed E-state index contributed by atoms with van der Waals surface area (Å²) in [7, 11) is 0. The van der Waals surface area contributed by atoms with E-state index < -0.39 is 6.03 Å². The van der Waals surface area contributed by atoms with Crippen molar-refractivity contribution >= 4 is 29.2 Å². The molecule has 0 radical (unpaired) electrons. The largest absolute Gasteiger partial charge is 0.364 e. The van der Waals surface area contributed by atoms with Crippen LogP contribution in [-0.4, -0.2) is 25.8 Å². The van der Waals surface area contributed by atoms with Crippen LogP contribution in [0.5, 0.6) is 0 Å². The zero-order chi connectivity index (χ0) is 13.9. The molecule has 0 aromatic carbocycles. The summed E-state index contributed by atoms with van der Waals surface area (Å²) in [5, 5.41) is 13.4. The van der Waals surface area contributed by atoms with Gasteiger partial charge in [-0.1, -0.05) is 16.8 Å². The lowest BCUT2D eigenvalue weighted by molar-refractivity contribution is 0.251. The van der Waals surface area contributed by atoms with Crippen molar-refractivity contribution in [1.82, 2.24) is 25.1 Å². The van der Waals surface area contributed by atoms with Gasteiger partial charge in [-0.05, 0) is 6.07 Å². The Morgan fingerprint density at radius 1 is 1.45 bits per heavy atom. The maximum Gasteiger partial charge on any atom is 0.321 e. The molecule has 102 valence electrons. The molecule has 20 heavy (non-hydrogen) atoms. The van der Waals surface area contributed by atoms with Crippen molar-refractivity contribution in [2.45, 2.75) is 6.54 Å². The predicted molar refractivity (Wildman–Crippen MR) is 70.4 cm³/mol. The first-order valence-electron chi connectivity index (χ1n) is 5.67. The molecular weight excluding hydrogens is 284 g/mol. The average Bonchev–Trinajstić information content (AvgIpc) is 3.04. The lowest BCUT2D eigenvalue weighted by Gasteiger charge is -2.01. The van der Waals surface area contributed by atoms with Crippen LogP contribution in [0.1, 0.15) is 5.69 Å². The van der Waals surface area contributed by atoms with Crippen molar-refractivity contribution in [3.8, 4) is 0 Å². The van der Waals surface area contributed by atoms with E-state index in [4.69, 9.17) is 11.6 Å². The number of carbonyl (C=O) groups excluding carboxylic acids is 1. The number of amides is 2. The number of nitrogens with one attached hydrogen (secondary N) is 2. The van der Waals surface area contributed by atoms with Gasteiger partial charge >= 0.3 is 6.03 Å². The molecule has 0 bridgehead atoms. The molecule has 0 unspecified atom stereocenters. The molecule has 0 aliphatic rings. The number of urea groups is 1. The molecule has 3 heterocycles. The van der Waals surface area contributed by atoms with Crippen LogP contribution in [0.2, 0.25) is 5.02 Å². The van der Waals surface area contributed by atoms with Gasteiger partial charge in [0.2, 0.25) is 0 Å². The van der Waals surface area contributed by atoms with E-state index >= 15 is 0 Å². The van der Waals surface area contributed by atoms with Gasteiger partial charge in [-0.15, -0.1) is 5.10 Å². The van der Waals surface area contributed by atoms with Gasteiger partial charge in [0.05, 0.1) is 6.54 Å². The summed E-state index contributed by atoms with van der Waals surface area (Å²) < 4.78 is 6.17. The third-order valence-electron chi connectivity index (χ3n) is 2.45. The minimum atomic E-state index is -0.435. The molecule has 2 amide bonds. The van der Waals surface area contributed by atoms with E-state index in [1.165, 1.54) is 10.8 Å². The van der Waals surface area contributed by atoms with Gasteiger partial charge in [0.15, 0.2) is 5.65 Å². The van der Waals surface area contributed by atoms with Gasteiger partial charge in [0.1, 0.15) is 12.0 Å². The molecule has 0 aliphatic carbocycles. The Balaban J connectivity index is 1.65.